The molecule has 1 saturated heterocycles. The summed E-state index contributed by atoms with van der Waals surface area (Å²) in [5, 5.41) is 5.20. The van der Waals surface area contributed by atoms with E-state index in [1.165, 1.54) is 4.68 Å². The van der Waals surface area contributed by atoms with Gasteiger partial charge in [-0.1, -0.05) is 29.3 Å². The van der Waals surface area contributed by atoms with Crippen LogP contribution in [0.15, 0.2) is 65.5 Å². The maximum Gasteiger partial charge on any atom is 0.271 e. The van der Waals surface area contributed by atoms with Crippen molar-refractivity contribution in [2.24, 2.45) is 0 Å². The molecule has 1 amide bonds. The minimum Gasteiger partial charge on any atom is -0.353 e. The van der Waals surface area contributed by atoms with E-state index in [4.69, 9.17) is 11.6 Å². The van der Waals surface area contributed by atoms with Crippen molar-refractivity contribution in [1.82, 2.24) is 14.7 Å². The highest BCUT2D eigenvalue weighted by molar-refractivity contribution is 6.30. The number of hydrogen-bond donors (Lipinski definition) is 0. The lowest BCUT2D eigenvalue weighted by Crippen LogP contribution is -2.36. The molecule has 2 aromatic carbocycles. The second-order valence-corrected chi connectivity index (χ2v) is 7.85. The second kappa shape index (κ2) is 8.71. The first-order chi connectivity index (χ1) is 14.5. The number of carbonyl (C=O) groups excluding carboxylic acids is 1. The highest BCUT2D eigenvalue weighted by atomic mass is 35.5. The molecule has 0 saturated carbocycles. The van der Waals surface area contributed by atoms with Crippen LogP contribution in [0.1, 0.15) is 22.3 Å². The molecule has 0 bridgehead atoms. The van der Waals surface area contributed by atoms with E-state index in [9.17, 15) is 9.59 Å². The molecule has 0 spiro atoms. The zero-order valence-electron chi connectivity index (χ0n) is 16.8. The molecule has 0 N–H and O–H groups in total. The molecule has 30 heavy (non-hydrogen) atoms. The number of nitrogens with zero attached hydrogens (tertiary/aromatic N) is 4. The lowest BCUT2D eigenvalue weighted by atomic mass is 10.2. The maximum absolute atomic E-state index is 12.8. The zero-order valence-corrected chi connectivity index (χ0v) is 17.5. The summed E-state index contributed by atoms with van der Waals surface area (Å²) in [6, 6.07) is 18.0. The van der Waals surface area contributed by atoms with Crippen LogP contribution in [0.3, 0.4) is 0 Å². The van der Waals surface area contributed by atoms with Crippen LogP contribution >= 0.6 is 11.6 Å². The number of benzene rings is 2. The molecule has 0 aliphatic carbocycles. The smallest absolute Gasteiger partial charge is 0.271 e. The summed E-state index contributed by atoms with van der Waals surface area (Å²) >= 11 is 5.93. The quantitative estimate of drug-likeness (QED) is 0.647. The fraction of sp³-hybridized carbons (Fsp3) is 0.261. The van der Waals surface area contributed by atoms with Gasteiger partial charge in [0.15, 0.2) is 0 Å². The van der Waals surface area contributed by atoms with Gasteiger partial charge >= 0.3 is 0 Å². The lowest BCUT2D eigenvalue weighted by Gasteiger charge is -2.23. The largest absolute Gasteiger partial charge is 0.353 e. The van der Waals surface area contributed by atoms with Gasteiger partial charge in [0.1, 0.15) is 5.82 Å². The van der Waals surface area contributed by atoms with Gasteiger partial charge in [-0.15, -0.1) is 5.10 Å². The van der Waals surface area contributed by atoms with Gasteiger partial charge in [-0.3, -0.25) is 9.59 Å². The third kappa shape index (κ3) is 4.39. The number of anilines is 1. The third-order valence-electron chi connectivity index (χ3n) is 5.26. The molecule has 0 unspecified atom stereocenters. The number of rotatable bonds is 3. The Labute approximate surface area is 180 Å². The van der Waals surface area contributed by atoms with Gasteiger partial charge in [-0.25, -0.2) is 0 Å². The van der Waals surface area contributed by atoms with E-state index in [0.29, 0.717) is 30.2 Å². The molecule has 7 heteroatoms. The van der Waals surface area contributed by atoms with E-state index in [0.717, 1.165) is 30.0 Å². The fourth-order valence-electron chi connectivity index (χ4n) is 3.57. The molecular formula is C23H23ClN4O2. The van der Waals surface area contributed by atoms with Crippen LogP contribution in [0.2, 0.25) is 5.02 Å². The van der Waals surface area contributed by atoms with Gasteiger partial charge in [0.05, 0.1) is 5.69 Å². The van der Waals surface area contributed by atoms with Crippen molar-refractivity contribution in [3.63, 3.8) is 0 Å². The molecule has 0 atom stereocenters. The van der Waals surface area contributed by atoms with Gasteiger partial charge in [0.2, 0.25) is 0 Å². The van der Waals surface area contributed by atoms with Crippen molar-refractivity contribution in [3.05, 3.63) is 87.2 Å². The molecule has 0 radical (unpaired) electrons. The second-order valence-electron chi connectivity index (χ2n) is 7.42. The Balaban J connectivity index is 1.51. The van der Waals surface area contributed by atoms with E-state index in [2.05, 4.69) is 10.00 Å². The first-order valence-electron chi connectivity index (χ1n) is 9.98. The summed E-state index contributed by atoms with van der Waals surface area (Å²) in [6.07, 6.45) is 0.824. The van der Waals surface area contributed by atoms with Crippen LogP contribution in [0.4, 0.5) is 5.82 Å². The van der Waals surface area contributed by atoms with Crippen LogP contribution in [-0.2, 0) is 0 Å². The Bertz CT molecular complexity index is 1090. The van der Waals surface area contributed by atoms with Crippen molar-refractivity contribution in [3.8, 4) is 5.69 Å². The van der Waals surface area contributed by atoms with E-state index in [-0.39, 0.29) is 11.5 Å². The van der Waals surface area contributed by atoms with Gasteiger partial charge in [0.25, 0.3) is 11.5 Å². The predicted molar refractivity (Wildman–Crippen MR) is 119 cm³/mol. The number of hydrogen-bond acceptors (Lipinski definition) is 4. The third-order valence-corrected chi connectivity index (χ3v) is 5.51. The van der Waals surface area contributed by atoms with Crippen LogP contribution in [0, 0.1) is 6.92 Å². The Morgan fingerprint density at radius 2 is 1.63 bits per heavy atom. The molecule has 1 aliphatic heterocycles. The molecule has 154 valence electrons. The molecule has 1 aliphatic rings. The molecule has 3 aromatic rings. The normalized spacial score (nSPS) is 14.5. The number of aromatic nitrogens is 2. The average molecular weight is 423 g/mol. The van der Waals surface area contributed by atoms with Gasteiger partial charge in [-0.05, 0) is 55.8 Å². The first-order valence-corrected chi connectivity index (χ1v) is 10.4. The number of carbonyl (C=O) groups is 1. The Morgan fingerprint density at radius 1 is 0.900 bits per heavy atom. The van der Waals surface area contributed by atoms with Gasteiger partial charge < -0.3 is 9.80 Å². The molecule has 1 fully saturated rings. The summed E-state index contributed by atoms with van der Waals surface area (Å²) in [4.78, 5) is 29.2. The van der Waals surface area contributed by atoms with E-state index < -0.39 is 0 Å². The van der Waals surface area contributed by atoms with Crippen molar-refractivity contribution >= 4 is 23.3 Å². The molecule has 6 nitrogen and oxygen atoms in total. The summed E-state index contributed by atoms with van der Waals surface area (Å²) in [7, 11) is 0. The van der Waals surface area contributed by atoms with Crippen molar-refractivity contribution < 1.29 is 4.79 Å². The van der Waals surface area contributed by atoms with E-state index >= 15 is 0 Å². The fourth-order valence-corrected chi connectivity index (χ4v) is 3.69. The molecular weight excluding hydrogens is 400 g/mol. The standard InChI is InChI=1S/C23H23ClN4O2/c1-17-3-9-20(10-4-17)28-22(29)12-11-21(25-28)26-13-2-14-27(16-15-26)23(30)18-5-7-19(24)8-6-18/h3-12H,2,13-16H2,1H3. The zero-order chi connectivity index (χ0) is 21.1. The van der Waals surface area contributed by atoms with Gasteiger partial charge in [0, 0.05) is 42.8 Å². The Morgan fingerprint density at radius 3 is 2.37 bits per heavy atom. The number of halogens is 1. The average Bonchev–Trinajstić information content (AvgIpc) is 3.01. The van der Waals surface area contributed by atoms with Crippen LogP contribution in [-0.4, -0.2) is 46.8 Å². The SMILES string of the molecule is Cc1ccc(-n2nc(N3CCCN(C(=O)c4ccc(Cl)cc4)CC3)ccc2=O)cc1. The Hall–Kier alpha value is -3.12. The summed E-state index contributed by atoms with van der Waals surface area (Å²) in [5.41, 5.74) is 2.33. The summed E-state index contributed by atoms with van der Waals surface area (Å²) < 4.78 is 1.43. The van der Waals surface area contributed by atoms with Crippen LogP contribution in [0.5, 0.6) is 0 Å². The van der Waals surface area contributed by atoms with Crippen LogP contribution < -0.4 is 10.5 Å². The highest BCUT2D eigenvalue weighted by Gasteiger charge is 2.21. The minimum absolute atomic E-state index is 0.00565. The Kier molecular flexibility index (Phi) is 5.86. The summed E-state index contributed by atoms with van der Waals surface area (Å²) in [5.74, 6) is 0.738. The van der Waals surface area contributed by atoms with Crippen molar-refractivity contribution in [1.29, 1.82) is 0 Å². The molecule has 4 rings (SSSR count). The highest BCUT2D eigenvalue weighted by Crippen LogP contribution is 2.17. The predicted octanol–water partition coefficient (Wildman–Crippen LogP) is 3.55. The monoisotopic (exact) mass is 422 g/mol. The summed E-state index contributed by atoms with van der Waals surface area (Å²) in [6.45, 7) is 4.69. The maximum atomic E-state index is 12.8. The first kappa shape index (κ1) is 20.2. The topological polar surface area (TPSA) is 58.4 Å². The van der Waals surface area contributed by atoms with Gasteiger partial charge in [-0.2, -0.15) is 4.68 Å². The number of aryl methyl sites for hydroxylation is 1. The van der Waals surface area contributed by atoms with Crippen molar-refractivity contribution in [2.45, 2.75) is 13.3 Å². The van der Waals surface area contributed by atoms with E-state index in [1.54, 1.807) is 36.4 Å². The molecule has 2 heterocycles. The lowest BCUT2D eigenvalue weighted by molar-refractivity contribution is 0.0767. The number of amides is 1. The van der Waals surface area contributed by atoms with E-state index in [1.807, 2.05) is 36.1 Å². The van der Waals surface area contributed by atoms with Crippen molar-refractivity contribution in [2.75, 3.05) is 31.1 Å². The molecule has 1 aromatic heterocycles. The van der Waals surface area contributed by atoms with Crippen LogP contribution in [0.25, 0.3) is 5.69 Å². The minimum atomic E-state index is -0.169.